The summed E-state index contributed by atoms with van der Waals surface area (Å²) in [7, 11) is 1.81. The summed E-state index contributed by atoms with van der Waals surface area (Å²) < 4.78 is 7.46. The van der Waals surface area contributed by atoms with E-state index >= 15 is 0 Å². The third-order valence-electron chi connectivity index (χ3n) is 3.32. The monoisotopic (exact) mass is 221 g/mol. The van der Waals surface area contributed by atoms with E-state index in [2.05, 4.69) is 17.0 Å². The molecule has 2 heterocycles. The third-order valence-corrected chi connectivity index (χ3v) is 3.32. The lowest BCUT2D eigenvalue weighted by Crippen LogP contribution is -2.44. The van der Waals surface area contributed by atoms with Crippen LogP contribution in [0.25, 0.3) is 6.20 Å². The predicted octanol–water partition coefficient (Wildman–Crippen LogP) is 1.29. The molecule has 1 N–H and O–H groups in total. The van der Waals surface area contributed by atoms with Gasteiger partial charge in [0.25, 0.3) is 0 Å². The van der Waals surface area contributed by atoms with Gasteiger partial charge in [-0.2, -0.15) is 5.10 Å². The first kappa shape index (κ1) is 11.4. The smallest absolute Gasteiger partial charge is 0.0744 e. The van der Waals surface area contributed by atoms with Crippen LogP contribution in [0.2, 0.25) is 0 Å². The molecule has 4 nitrogen and oxygen atoms in total. The molecule has 1 saturated heterocycles. The van der Waals surface area contributed by atoms with Gasteiger partial charge in [-0.25, -0.2) is 4.68 Å². The fraction of sp³-hybridized carbons (Fsp3) is 0.583. The minimum absolute atomic E-state index is 0.0136. The Morgan fingerprint density at radius 2 is 2.38 bits per heavy atom. The second-order valence-corrected chi connectivity index (χ2v) is 4.33. The Hall–Kier alpha value is -1.13. The van der Waals surface area contributed by atoms with E-state index in [0.29, 0.717) is 0 Å². The largest absolute Gasteiger partial charge is 0.378 e. The summed E-state index contributed by atoms with van der Waals surface area (Å²) in [5.74, 6) is 0. The topological polar surface area (TPSA) is 39.1 Å². The van der Waals surface area contributed by atoms with Crippen LogP contribution in [-0.4, -0.2) is 35.6 Å². The summed E-state index contributed by atoms with van der Waals surface area (Å²) in [6, 6.07) is 0. The lowest BCUT2D eigenvalue weighted by Gasteiger charge is -2.36. The molecule has 1 aliphatic heterocycles. The molecule has 0 radical (unpaired) electrons. The first-order chi connectivity index (χ1) is 7.78. The summed E-state index contributed by atoms with van der Waals surface area (Å²) in [5.41, 5.74) is 1.20. The first-order valence-corrected chi connectivity index (χ1v) is 5.69. The summed E-state index contributed by atoms with van der Waals surface area (Å²) in [6.45, 7) is 5.75. The number of ether oxygens (including phenoxy) is 1. The minimum atomic E-state index is -0.0136. The van der Waals surface area contributed by atoms with Gasteiger partial charge in [-0.1, -0.05) is 6.58 Å². The van der Waals surface area contributed by atoms with Crippen molar-refractivity contribution in [3.8, 4) is 0 Å². The van der Waals surface area contributed by atoms with Crippen LogP contribution in [0, 0.1) is 0 Å². The van der Waals surface area contributed by atoms with E-state index in [-0.39, 0.29) is 5.60 Å². The quantitative estimate of drug-likeness (QED) is 0.833. The van der Waals surface area contributed by atoms with E-state index in [1.54, 1.807) is 10.9 Å². The number of hydrogen-bond acceptors (Lipinski definition) is 3. The Bertz CT molecular complexity index is 353. The number of nitrogens with one attached hydrogen (secondary N) is 1. The van der Waals surface area contributed by atoms with Gasteiger partial charge in [0.15, 0.2) is 0 Å². The zero-order valence-electron chi connectivity index (χ0n) is 9.78. The van der Waals surface area contributed by atoms with Crippen molar-refractivity contribution < 1.29 is 4.74 Å². The van der Waals surface area contributed by atoms with Gasteiger partial charge in [-0.05, 0) is 31.5 Å². The van der Waals surface area contributed by atoms with Crippen molar-refractivity contribution in [3.05, 3.63) is 24.5 Å². The van der Waals surface area contributed by atoms with Crippen LogP contribution in [0.15, 0.2) is 19.0 Å². The van der Waals surface area contributed by atoms with Crippen molar-refractivity contribution in [1.29, 1.82) is 0 Å². The Morgan fingerprint density at radius 3 is 2.94 bits per heavy atom. The van der Waals surface area contributed by atoms with Crippen molar-refractivity contribution >= 4 is 6.20 Å². The fourth-order valence-corrected chi connectivity index (χ4v) is 2.28. The van der Waals surface area contributed by atoms with E-state index < -0.39 is 0 Å². The number of nitrogens with zero attached hydrogens (tertiary/aromatic N) is 2. The van der Waals surface area contributed by atoms with Crippen molar-refractivity contribution in [2.75, 3.05) is 20.2 Å². The zero-order valence-corrected chi connectivity index (χ0v) is 9.78. The average molecular weight is 221 g/mol. The third kappa shape index (κ3) is 2.33. The highest BCUT2D eigenvalue weighted by atomic mass is 16.5. The molecule has 0 amide bonds. The van der Waals surface area contributed by atoms with Gasteiger partial charge in [0.1, 0.15) is 0 Å². The summed E-state index contributed by atoms with van der Waals surface area (Å²) in [6.07, 6.45) is 8.65. The highest BCUT2D eigenvalue weighted by Crippen LogP contribution is 2.26. The summed E-state index contributed by atoms with van der Waals surface area (Å²) in [4.78, 5) is 0. The Balaban J connectivity index is 2.07. The van der Waals surface area contributed by atoms with Crippen LogP contribution < -0.4 is 5.32 Å². The Kier molecular flexibility index (Phi) is 3.41. The maximum Gasteiger partial charge on any atom is 0.0744 e. The van der Waals surface area contributed by atoms with E-state index in [0.717, 1.165) is 32.4 Å². The molecule has 88 valence electrons. The Labute approximate surface area is 96.3 Å². The molecular weight excluding hydrogens is 202 g/mol. The van der Waals surface area contributed by atoms with Crippen LogP contribution in [0.1, 0.15) is 18.4 Å². The molecule has 0 spiro atoms. The SMILES string of the molecule is C=Cn1cc(CC2(OC)CCNCC2)cn1. The van der Waals surface area contributed by atoms with Gasteiger partial charge in [-0.3, -0.25) is 0 Å². The van der Waals surface area contributed by atoms with Gasteiger partial charge in [0.2, 0.25) is 0 Å². The maximum atomic E-state index is 5.72. The zero-order chi connectivity index (χ0) is 11.4. The number of piperidine rings is 1. The highest BCUT2D eigenvalue weighted by molar-refractivity contribution is 5.19. The van der Waals surface area contributed by atoms with Crippen LogP contribution >= 0.6 is 0 Å². The van der Waals surface area contributed by atoms with E-state index in [4.69, 9.17) is 4.74 Å². The van der Waals surface area contributed by atoms with E-state index in [1.807, 2.05) is 19.5 Å². The van der Waals surface area contributed by atoms with E-state index in [9.17, 15) is 0 Å². The Morgan fingerprint density at radius 1 is 1.62 bits per heavy atom. The number of rotatable bonds is 4. The van der Waals surface area contributed by atoms with Crippen LogP contribution in [-0.2, 0) is 11.2 Å². The maximum absolute atomic E-state index is 5.72. The van der Waals surface area contributed by atoms with Crippen molar-refractivity contribution in [3.63, 3.8) is 0 Å². The molecule has 0 aromatic carbocycles. The van der Waals surface area contributed by atoms with Gasteiger partial charge in [-0.15, -0.1) is 0 Å². The molecule has 0 atom stereocenters. The minimum Gasteiger partial charge on any atom is -0.378 e. The molecule has 1 aromatic heterocycles. The lowest BCUT2D eigenvalue weighted by molar-refractivity contribution is -0.0333. The molecule has 2 rings (SSSR count). The molecule has 16 heavy (non-hydrogen) atoms. The van der Waals surface area contributed by atoms with Gasteiger partial charge in [0.05, 0.1) is 11.8 Å². The normalized spacial score (nSPS) is 19.6. The van der Waals surface area contributed by atoms with Crippen LogP contribution in [0.4, 0.5) is 0 Å². The van der Waals surface area contributed by atoms with Crippen LogP contribution in [0.3, 0.4) is 0 Å². The van der Waals surface area contributed by atoms with Crippen LogP contribution in [0.5, 0.6) is 0 Å². The molecule has 1 fully saturated rings. The number of aromatic nitrogens is 2. The molecule has 0 unspecified atom stereocenters. The van der Waals surface area contributed by atoms with E-state index in [1.165, 1.54) is 5.56 Å². The predicted molar refractivity (Wildman–Crippen MR) is 64.2 cm³/mol. The molecule has 0 aliphatic carbocycles. The van der Waals surface area contributed by atoms with Gasteiger partial charge < -0.3 is 10.1 Å². The van der Waals surface area contributed by atoms with Gasteiger partial charge >= 0.3 is 0 Å². The second-order valence-electron chi connectivity index (χ2n) is 4.33. The molecule has 0 bridgehead atoms. The molecule has 0 saturated carbocycles. The van der Waals surface area contributed by atoms with Crippen molar-refractivity contribution in [1.82, 2.24) is 15.1 Å². The summed E-state index contributed by atoms with van der Waals surface area (Å²) in [5, 5.41) is 7.55. The molecule has 4 heteroatoms. The van der Waals surface area contributed by atoms with Gasteiger partial charge in [0, 0.05) is 25.9 Å². The molecular formula is C12H19N3O. The fourth-order valence-electron chi connectivity index (χ4n) is 2.28. The summed E-state index contributed by atoms with van der Waals surface area (Å²) >= 11 is 0. The standard InChI is InChI=1S/C12H19N3O/c1-3-15-10-11(9-14-15)8-12(16-2)4-6-13-7-5-12/h3,9-10,13H,1,4-8H2,2H3. The highest BCUT2D eigenvalue weighted by Gasteiger charge is 2.32. The first-order valence-electron chi connectivity index (χ1n) is 5.69. The number of methoxy groups -OCH3 is 1. The van der Waals surface area contributed by atoms with Crippen molar-refractivity contribution in [2.24, 2.45) is 0 Å². The lowest BCUT2D eigenvalue weighted by atomic mass is 9.86. The van der Waals surface area contributed by atoms with Crippen molar-refractivity contribution in [2.45, 2.75) is 24.9 Å². The number of hydrogen-bond donors (Lipinski definition) is 1. The molecule has 1 aromatic rings. The average Bonchev–Trinajstić information content (AvgIpc) is 2.78. The second kappa shape index (κ2) is 4.80. The molecule has 1 aliphatic rings.